The number of hydrogen-bond acceptors (Lipinski definition) is 3. The molecule has 0 spiro atoms. The normalized spacial score (nSPS) is 17.3. The molecule has 100 valence electrons. The van der Waals surface area contributed by atoms with E-state index in [9.17, 15) is 13.9 Å². The summed E-state index contributed by atoms with van der Waals surface area (Å²) in [6.45, 7) is 5.83. The fourth-order valence-electron chi connectivity index (χ4n) is 2.28. The van der Waals surface area contributed by atoms with Crippen molar-refractivity contribution >= 4 is 0 Å². The molecule has 0 unspecified atom stereocenters. The van der Waals surface area contributed by atoms with Crippen molar-refractivity contribution in [1.82, 2.24) is 10.2 Å². The van der Waals surface area contributed by atoms with E-state index in [0.29, 0.717) is 12.1 Å². The Bertz CT molecular complexity index is 418. The predicted octanol–water partition coefficient (Wildman–Crippen LogP) is 2.04. The maximum absolute atomic E-state index is 12.8. The van der Waals surface area contributed by atoms with E-state index in [1.165, 1.54) is 6.07 Å². The molecule has 0 amide bonds. The Morgan fingerprint density at radius 2 is 2.00 bits per heavy atom. The molecule has 5 heteroatoms. The number of aromatic hydroxyl groups is 1. The standard InChI is InChI=1S/C13H18F2N2O/c1-9-6-10(8-17-4-2-16-3-5-17)12(18)11(7-9)13(14)15/h6-7,13,16,18H,2-5,8H2,1H3. The number of alkyl halides is 2. The van der Waals surface area contributed by atoms with E-state index in [1.807, 2.05) is 0 Å². The molecule has 1 aromatic rings. The maximum Gasteiger partial charge on any atom is 0.267 e. The van der Waals surface area contributed by atoms with Crippen LogP contribution in [-0.2, 0) is 6.54 Å². The van der Waals surface area contributed by atoms with Crippen LogP contribution in [0.3, 0.4) is 0 Å². The highest BCUT2D eigenvalue weighted by atomic mass is 19.3. The van der Waals surface area contributed by atoms with E-state index in [2.05, 4.69) is 10.2 Å². The molecule has 0 radical (unpaired) electrons. The Hall–Kier alpha value is -1.20. The van der Waals surface area contributed by atoms with E-state index in [-0.39, 0.29) is 11.3 Å². The first-order valence-corrected chi connectivity index (χ1v) is 6.11. The first kappa shape index (κ1) is 13.2. The molecule has 0 atom stereocenters. The highest BCUT2D eigenvalue weighted by Gasteiger charge is 2.19. The monoisotopic (exact) mass is 256 g/mol. The first-order chi connectivity index (χ1) is 8.58. The number of phenols is 1. The van der Waals surface area contributed by atoms with Crippen molar-refractivity contribution in [3.05, 3.63) is 28.8 Å². The number of nitrogens with one attached hydrogen (secondary N) is 1. The number of phenolic OH excluding ortho intramolecular Hbond substituents is 1. The van der Waals surface area contributed by atoms with E-state index in [1.54, 1.807) is 13.0 Å². The van der Waals surface area contributed by atoms with Gasteiger partial charge in [-0.25, -0.2) is 8.78 Å². The van der Waals surface area contributed by atoms with Gasteiger partial charge in [0.25, 0.3) is 6.43 Å². The van der Waals surface area contributed by atoms with Gasteiger partial charge in [0.1, 0.15) is 5.75 Å². The number of aryl methyl sites for hydroxylation is 1. The fraction of sp³-hybridized carbons (Fsp3) is 0.538. The van der Waals surface area contributed by atoms with E-state index >= 15 is 0 Å². The highest BCUT2D eigenvalue weighted by Crippen LogP contribution is 2.33. The molecule has 1 aromatic carbocycles. The fourth-order valence-corrected chi connectivity index (χ4v) is 2.28. The summed E-state index contributed by atoms with van der Waals surface area (Å²) in [4.78, 5) is 2.15. The van der Waals surface area contributed by atoms with Crippen LogP contribution < -0.4 is 5.32 Å². The minimum Gasteiger partial charge on any atom is -0.507 e. The molecule has 3 nitrogen and oxygen atoms in total. The number of rotatable bonds is 3. The van der Waals surface area contributed by atoms with Gasteiger partial charge in [0.15, 0.2) is 0 Å². The molecule has 1 aliphatic heterocycles. The Labute approximate surface area is 105 Å². The van der Waals surface area contributed by atoms with E-state index in [4.69, 9.17) is 0 Å². The summed E-state index contributed by atoms with van der Waals surface area (Å²) in [6.07, 6.45) is -2.63. The minimum absolute atomic E-state index is 0.255. The van der Waals surface area contributed by atoms with Crippen LogP contribution in [0.1, 0.15) is 23.1 Å². The third-order valence-electron chi connectivity index (χ3n) is 3.20. The van der Waals surface area contributed by atoms with Gasteiger partial charge in [-0.15, -0.1) is 0 Å². The zero-order valence-electron chi connectivity index (χ0n) is 10.4. The Balaban J connectivity index is 2.21. The average molecular weight is 256 g/mol. The van der Waals surface area contributed by atoms with Crippen LogP contribution in [0.2, 0.25) is 0 Å². The van der Waals surface area contributed by atoms with Gasteiger partial charge in [-0.1, -0.05) is 11.6 Å². The topological polar surface area (TPSA) is 35.5 Å². The molecule has 1 saturated heterocycles. The molecule has 1 heterocycles. The number of hydrogen-bond donors (Lipinski definition) is 2. The summed E-state index contributed by atoms with van der Waals surface area (Å²) in [5, 5.41) is 13.1. The third kappa shape index (κ3) is 2.97. The predicted molar refractivity (Wildman–Crippen MR) is 65.9 cm³/mol. The lowest BCUT2D eigenvalue weighted by Crippen LogP contribution is -2.42. The number of piperazine rings is 1. The second-order valence-electron chi connectivity index (χ2n) is 4.69. The number of nitrogens with zero attached hydrogens (tertiary/aromatic N) is 1. The lowest BCUT2D eigenvalue weighted by atomic mass is 10.0. The first-order valence-electron chi connectivity index (χ1n) is 6.11. The second kappa shape index (κ2) is 5.63. The SMILES string of the molecule is Cc1cc(CN2CCNCC2)c(O)c(C(F)F)c1. The van der Waals surface area contributed by atoms with Crippen LogP contribution in [0.4, 0.5) is 8.78 Å². The van der Waals surface area contributed by atoms with Gasteiger partial charge in [0, 0.05) is 38.3 Å². The zero-order chi connectivity index (χ0) is 13.1. The van der Waals surface area contributed by atoms with Gasteiger partial charge in [-0.2, -0.15) is 0 Å². The van der Waals surface area contributed by atoms with Crippen molar-refractivity contribution in [2.75, 3.05) is 26.2 Å². The largest absolute Gasteiger partial charge is 0.507 e. The second-order valence-corrected chi connectivity index (χ2v) is 4.69. The van der Waals surface area contributed by atoms with E-state index < -0.39 is 6.43 Å². The summed E-state index contributed by atoms with van der Waals surface area (Å²) in [6, 6.07) is 3.13. The summed E-state index contributed by atoms with van der Waals surface area (Å²) >= 11 is 0. The van der Waals surface area contributed by atoms with Crippen LogP contribution in [0.5, 0.6) is 5.75 Å². The van der Waals surface area contributed by atoms with Crippen molar-refractivity contribution in [2.45, 2.75) is 19.9 Å². The molecule has 0 saturated carbocycles. The van der Waals surface area contributed by atoms with Gasteiger partial charge in [0.2, 0.25) is 0 Å². The molecular weight excluding hydrogens is 238 g/mol. The molecule has 0 aromatic heterocycles. The van der Waals surface area contributed by atoms with Crippen LogP contribution >= 0.6 is 0 Å². The Morgan fingerprint density at radius 3 is 2.61 bits per heavy atom. The van der Waals surface area contributed by atoms with Crippen LogP contribution in [-0.4, -0.2) is 36.2 Å². The van der Waals surface area contributed by atoms with Gasteiger partial charge < -0.3 is 10.4 Å². The smallest absolute Gasteiger partial charge is 0.267 e. The van der Waals surface area contributed by atoms with Crippen molar-refractivity contribution in [1.29, 1.82) is 0 Å². The van der Waals surface area contributed by atoms with Gasteiger partial charge >= 0.3 is 0 Å². The van der Waals surface area contributed by atoms with Gasteiger partial charge in [-0.3, -0.25) is 4.90 Å². The van der Waals surface area contributed by atoms with Crippen molar-refractivity contribution in [3.63, 3.8) is 0 Å². The molecule has 18 heavy (non-hydrogen) atoms. The quantitative estimate of drug-likeness (QED) is 0.868. The zero-order valence-corrected chi connectivity index (χ0v) is 10.4. The van der Waals surface area contributed by atoms with Crippen LogP contribution in [0, 0.1) is 6.92 Å². The Morgan fingerprint density at radius 1 is 1.33 bits per heavy atom. The highest BCUT2D eigenvalue weighted by molar-refractivity contribution is 5.44. The van der Waals surface area contributed by atoms with Crippen LogP contribution in [0.25, 0.3) is 0 Å². The summed E-state index contributed by atoms with van der Waals surface area (Å²) < 4.78 is 25.6. The van der Waals surface area contributed by atoms with Gasteiger partial charge in [-0.05, 0) is 13.0 Å². The molecule has 1 aliphatic rings. The van der Waals surface area contributed by atoms with Crippen molar-refractivity contribution < 1.29 is 13.9 Å². The molecule has 1 fully saturated rings. The molecule has 0 aliphatic carbocycles. The Kier molecular flexibility index (Phi) is 4.14. The lowest BCUT2D eigenvalue weighted by Gasteiger charge is -2.27. The molecular formula is C13H18F2N2O. The third-order valence-corrected chi connectivity index (χ3v) is 3.20. The maximum atomic E-state index is 12.8. The van der Waals surface area contributed by atoms with E-state index in [0.717, 1.165) is 31.7 Å². The van der Waals surface area contributed by atoms with Crippen molar-refractivity contribution in [3.8, 4) is 5.75 Å². The number of halogens is 2. The lowest BCUT2D eigenvalue weighted by molar-refractivity contribution is 0.146. The van der Waals surface area contributed by atoms with Gasteiger partial charge in [0.05, 0.1) is 5.56 Å². The summed E-state index contributed by atoms with van der Waals surface area (Å²) in [5.41, 5.74) is 1.08. The minimum atomic E-state index is -2.63. The number of benzene rings is 1. The summed E-state index contributed by atoms with van der Waals surface area (Å²) in [7, 11) is 0. The molecule has 2 N–H and O–H groups in total. The van der Waals surface area contributed by atoms with Crippen LogP contribution in [0.15, 0.2) is 12.1 Å². The molecule has 2 rings (SSSR count). The van der Waals surface area contributed by atoms with Crippen molar-refractivity contribution in [2.24, 2.45) is 0 Å². The molecule has 0 bridgehead atoms. The average Bonchev–Trinajstić information content (AvgIpc) is 2.34. The summed E-state index contributed by atoms with van der Waals surface area (Å²) in [5.74, 6) is -0.255.